The fourth-order valence-electron chi connectivity index (χ4n) is 2.23. The number of aryl methyl sites for hydroxylation is 2. The molecule has 0 bridgehead atoms. The summed E-state index contributed by atoms with van der Waals surface area (Å²) in [5, 5.41) is 4.73. The molecule has 1 aromatic carbocycles. The summed E-state index contributed by atoms with van der Waals surface area (Å²) in [5.41, 5.74) is 1.86. The van der Waals surface area contributed by atoms with Crippen LogP contribution >= 0.6 is 11.6 Å². The van der Waals surface area contributed by atoms with Crippen LogP contribution in [0.4, 0.5) is 0 Å². The summed E-state index contributed by atoms with van der Waals surface area (Å²) in [7, 11) is 4.81. The van der Waals surface area contributed by atoms with E-state index in [-0.39, 0.29) is 12.2 Å². The Kier molecular flexibility index (Phi) is 4.53. The first-order valence-corrected chi connectivity index (χ1v) is 6.79. The van der Waals surface area contributed by atoms with E-state index in [2.05, 4.69) is 5.10 Å². The third kappa shape index (κ3) is 2.88. The molecule has 2 aromatic rings. The molecule has 0 amide bonds. The molecule has 6 heteroatoms. The maximum Gasteiger partial charge on any atom is 0.172 e. The first-order valence-electron chi connectivity index (χ1n) is 6.41. The summed E-state index contributed by atoms with van der Waals surface area (Å²) in [4.78, 5) is 12.5. The highest BCUT2D eigenvalue weighted by Crippen LogP contribution is 2.32. The zero-order valence-corrected chi connectivity index (χ0v) is 13.2. The van der Waals surface area contributed by atoms with Gasteiger partial charge in [-0.2, -0.15) is 5.10 Å². The molecular weight excluding hydrogens is 292 g/mol. The lowest BCUT2D eigenvalue weighted by atomic mass is 10.0. The fraction of sp³-hybridized carbons (Fsp3) is 0.333. The molecule has 0 atom stereocenters. The fourth-order valence-corrected chi connectivity index (χ4v) is 2.45. The molecule has 2 rings (SSSR count). The van der Waals surface area contributed by atoms with E-state index in [1.807, 2.05) is 6.92 Å². The van der Waals surface area contributed by atoms with Crippen LogP contribution in [0.2, 0.25) is 5.02 Å². The average Bonchev–Trinajstić information content (AvgIpc) is 2.72. The number of Topliss-reactive ketones (excluding diaryl/α,β-unsaturated/α-hetero) is 1. The van der Waals surface area contributed by atoms with Crippen LogP contribution in [-0.2, 0) is 13.5 Å². The summed E-state index contributed by atoms with van der Waals surface area (Å²) < 4.78 is 12.1. The van der Waals surface area contributed by atoms with Gasteiger partial charge in [0.15, 0.2) is 17.3 Å². The molecule has 5 nitrogen and oxygen atoms in total. The second-order valence-corrected chi connectivity index (χ2v) is 4.99. The standard InChI is InChI=1S/C15H17ClN2O3/c1-9-14(16)11(18(2)17-9)8-12(19)10-6-5-7-13(20-3)15(10)21-4/h5-7H,8H2,1-4H3. The van der Waals surface area contributed by atoms with Crippen molar-refractivity contribution < 1.29 is 14.3 Å². The predicted octanol–water partition coefficient (Wildman–Crippen LogP) is 2.82. The molecule has 0 radical (unpaired) electrons. The molecule has 1 aromatic heterocycles. The lowest BCUT2D eigenvalue weighted by Gasteiger charge is -2.11. The van der Waals surface area contributed by atoms with Crippen molar-refractivity contribution in [1.82, 2.24) is 9.78 Å². The molecule has 21 heavy (non-hydrogen) atoms. The van der Waals surface area contributed by atoms with Crippen molar-refractivity contribution in [3.05, 3.63) is 40.2 Å². The Morgan fingerprint density at radius 3 is 2.57 bits per heavy atom. The molecule has 0 N–H and O–H groups in total. The van der Waals surface area contributed by atoms with E-state index in [1.54, 1.807) is 29.9 Å². The number of carbonyl (C=O) groups excluding carboxylic acids is 1. The van der Waals surface area contributed by atoms with Crippen molar-refractivity contribution in [3.8, 4) is 11.5 Å². The smallest absolute Gasteiger partial charge is 0.172 e. The minimum atomic E-state index is -0.101. The molecule has 112 valence electrons. The topological polar surface area (TPSA) is 53.3 Å². The van der Waals surface area contributed by atoms with E-state index in [9.17, 15) is 4.79 Å². The number of benzene rings is 1. The molecule has 0 aliphatic rings. The minimum Gasteiger partial charge on any atom is -0.493 e. The molecule has 0 aliphatic carbocycles. The van der Waals surface area contributed by atoms with Gasteiger partial charge in [0, 0.05) is 7.05 Å². The number of ketones is 1. The van der Waals surface area contributed by atoms with Gasteiger partial charge in [0.1, 0.15) is 0 Å². The van der Waals surface area contributed by atoms with Crippen molar-refractivity contribution in [2.24, 2.45) is 7.05 Å². The maximum absolute atomic E-state index is 12.5. The van der Waals surface area contributed by atoms with E-state index >= 15 is 0 Å². The molecule has 0 unspecified atom stereocenters. The third-order valence-corrected chi connectivity index (χ3v) is 3.78. The van der Waals surface area contributed by atoms with E-state index < -0.39 is 0 Å². The molecule has 1 heterocycles. The highest BCUT2D eigenvalue weighted by molar-refractivity contribution is 6.32. The predicted molar refractivity (Wildman–Crippen MR) is 80.5 cm³/mol. The average molecular weight is 309 g/mol. The largest absolute Gasteiger partial charge is 0.493 e. The van der Waals surface area contributed by atoms with Crippen LogP contribution in [0.15, 0.2) is 18.2 Å². The molecule has 0 saturated carbocycles. The van der Waals surface area contributed by atoms with Crippen molar-refractivity contribution in [3.63, 3.8) is 0 Å². The van der Waals surface area contributed by atoms with E-state index in [0.717, 1.165) is 0 Å². The number of methoxy groups -OCH3 is 2. The van der Waals surface area contributed by atoms with Crippen LogP contribution < -0.4 is 9.47 Å². The Balaban J connectivity index is 2.37. The van der Waals surface area contributed by atoms with Crippen LogP contribution in [0, 0.1) is 6.92 Å². The normalized spacial score (nSPS) is 10.5. The minimum absolute atomic E-state index is 0.101. The quantitative estimate of drug-likeness (QED) is 0.797. The zero-order chi connectivity index (χ0) is 15.6. The van der Waals surface area contributed by atoms with Crippen LogP contribution in [0.1, 0.15) is 21.7 Å². The number of nitrogens with zero attached hydrogens (tertiary/aromatic N) is 2. The highest BCUT2D eigenvalue weighted by atomic mass is 35.5. The summed E-state index contributed by atoms with van der Waals surface area (Å²) in [5.74, 6) is 0.853. The number of ether oxygens (including phenoxy) is 2. The molecular formula is C15H17ClN2O3. The van der Waals surface area contributed by atoms with Crippen molar-refractivity contribution >= 4 is 17.4 Å². The van der Waals surface area contributed by atoms with Gasteiger partial charge in [0.2, 0.25) is 0 Å². The SMILES string of the molecule is COc1cccc(C(=O)Cc2c(Cl)c(C)nn2C)c1OC. The van der Waals surface area contributed by atoms with Gasteiger partial charge in [0.05, 0.1) is 42.6 Å². The number of halogens is 1. The van der Waals surface area contributed by atoms with Gasteiger partial charge in [0.25, 0.3) is 0 Å². The van der Waals surface area contributed by atoms with Gasteiger partial charge in [-0.05, 0) is 19.1 Å². The van der Waals surface area contributed by atoms with Crippen LogP contribution in [0.5, 0.6) is 11.5 Å². The monoisotopic (exact) mass is 308 g/mol. The van der Waals surface area contributed by atoms with Gasteiger partial charge in [-0.25, -0.2) is 0 Å². The summed E-state index contributed by atoms with van der Waals surface area (Å²) in [6.07, 6.45) is 0.152. The Labute approximate surface area is 128 Å². The van der Waals surface area contributed by atoms with Crippen molar-refractivity contribution in [2.75, 3.05) is 14.2 Å². The number of hydrogen-bond acceptors (Lipinski definition) is 4. The first-order chi connectivity index (χ1) is 9.99. The Hall–Kier alpha value is -2.01. The number of rotatable bonds is 5. The van der Waals surface area contributed by atoms with Crippen LogP contribution in [0.25, 0.3) is 0 Å². The van der Waals surface area contributed by atoms with E-state index in [1.165, 1.54) is 14.2 Å². The van der Waals surface area contributed by atoms with Gasteiger partial charge >= 0.3 is 0 Å². The molecule has 0 saturated heterocycles. The van der Waals surface area contributed by atoms with E-state index in [4.69, 9.17) is 21.1 Å². The van der Waals surface area contributed by atoms with Gasteiger partial charge in [-0.15, -0.1) is 0 Å². The third-order valence-electron chi connectivity index (χ3n) is 3.29. The lowest BCUT2D eigenvalue weighted by Crippen LogP contribution is -2.10. The van der Waals surface area contributed by atoms with Crippen LogP contribution in [0.3, 0.4) is 0 Å². The maximum atomic E-state index is 12.5. The summed E-state index contributed by atoms with van der Waals surface area (Å²) in [6.45, 7) is 1.81. The Bertz CT molecular complexity index is 680. The highest BCUT2D eigenvalue weighted by Gasteiger charge is 2.20. The van der Waals surface area contributed by atoms with Gasteiger partial charge in [-0.1, -0.05) is 17.7 Å². The number of para-hydroxylation sites is 1. The second-order valence-electron chi connectivity index (χ2n) is 4.61. The van der Waals surface area contributed by atoms with Gasteiger partial charge in [-0.3, -0.25) is 9.48 Å². The molecule has 0 fully saturated rings. The first kappa shape index (κ1) is 15.4. The molecule has 0 spiro atoms. The number of hydrogen-bond donors (Lipinski definition) is 0. The van der Waals surface area contributed by atoms with Crippen molar-refractivity contribution in [2.45, 2.75) is 13.3 Å². The summed E-state index contributed by atoms with van der Waals surface area (Å²) >= 11 is 6.19. The Morgan fingerprint density at radius 2 is 2.05 bits per heavy atom. The molecule has 0 aliphatic heterocycles. The van der Waals surface area contributed by atoms with E-state index in [0.29, 0.717) is 33.5 Å². The summed E-state index contributed by atoms with van der Waals surface area (Å²) in [6, 6.07) is 5.21. The Morgan fingerprint density at radius 1 is 1.33 bits per heavy atom. The second kappa shape index (κ2) is 6.18. The zero-order valence-electron chi connectivity index (χ0n) is 12.4. The number of carbonyl (C=O) groups is 1. The van der Waals surface area contributed by atoms with Crippen LogP contribution in [-0.4, -0.2) is 29.8 Å². The lowest BCUT2D eigenvalue weighted by molar-refractivity contribution is 0.0987. The van der Waals surface area contributed by atoms with Crippen molar-refractivity contribution in [1.29, 1.82) is 0 Å². The van der Waals surface area contributed by atoms with Gasteiger partial charge < -0.3 is 9.47 Å². The number of aromatic nitrogens is 2.